The first-order valence-corrected chi connectivity index (χ1v) is 5.37. The van der Waals surface area contributed by atoms with Crippen molar-refractivity contribution in [2.75, 3.05) is 6.61 Å². The molecule has 0 bridgehead atoms. The smallest absolute Gasteiger partial charge is 0.248 e. The number of aromatic amines is 1. The Labute approximate surface area is 97.5 Å². The minimum absolute atomic E-state index is 0.238. The first-order valence-electron chi connectivity index (χ1n) is 5.37. The van der Waals surface area contributed by atoms with Crippen LogP contribution in [0.3, 0.4) is 0 Å². The van der Waals surface area contributed by atoms with Gasteiger partial charge in [0.05, 0.1) is 6.61 Å². The highest BCUT2D eigenvalue weighted by Gasteiger charge is 2.43. The number of pyridine rings is 1. The summed E-state index contributed by atoms with van der Waals surface area (Å²) in [5.74, 6) is 0. The maximum Gasteiger partial charge on any atom is 0.248 e. The van der Waals surface area contributed by atoms with E-state index in [1.165, 1.54) is 6.07 Å². The van der Waals surface area contributed by atoms with Crippen molar-refractivity contribution in [3.63, 3.8) is 0 Å². The molecular formula is C11H15NO5. The molecule has 1 saturated heterocycles. The lowest BCUT2D eigenvalue weighted by molar-refractivity contribution is -0.0230. The first-order chi connectivity index (χ1) is 8.04. The number of aliphatic hydroxyl groups excluding tert-OH is 3. The fourth-order valence-electron chi connectivity index (χ4n) is 2.05. The van der Waals surface area contributed by atoms with E-state index in [1.54, 1.807) is 13.0 Å². The summed E-state index contributed by atoms with van der Waals surface area (Å²) in [5.41, 5.74) is 0.942. The van der Waals surface area contributed by atoms with E-state index in [-0.39, 0.29) is 12.2 Å². The molecule has 4 N–H and O–H groups in total. The number of ether oxygens (including phenoxy) is 1. The van der Waals surface area contributed by atoms with Crippen molar-refractivity contribution in [2.24, 2.45) is 0 Å². The summed E-state index contributed by atoms with van der Waals surface area (Å²) in [6, 6.07) is 2.88. The van der Waals surface area contributed by atoms with Crippen LogP contribution < -0.4 is 5.56 Å². The predicted octanol–water partition coefficient (Wildman–Crippen LogP) is -1.16. The monoisotopic (exact) mass is 241 g/mol. The van der Waals surface area contributed by atoms with Crippen LogP contribution in [0.15, 0.2) is 16.9 Å². The molecule has 1 aliphatic heterocycles. The molecule has 0 radical (unpaired) electrons. The average Bonchev–Trinajstić information content (AvgIpc) is 2.57. The van der Waals surface area contributed by atoms with E-state index < -0.39 is 24.4 Å². The van der Waals surface area contributed by atoms with Crippen LogP contribution in [0.2, 0.25) is 0 Å². The average molecular weight is 241 g/mol. The number of aliphatic hydroxyl groups is 3. The summed E-state index contributed by atoms with van der Waals surface area (Å²) in [5, 5.41) is 28.4. The Morgan fingerprint density at radius 2 is 2.06 bits per heavy atom. The molecule has 1 aromatic rings. The fraction of sp³-hybridized carbons (Fsp3) is 0.545. The SMILES string of the molecule is Cc1[nH]c(=O)ccc1C1OC(CO)C(O)C1O. The Morgan fingerprint density at radius 3 is 2.59 bits per heavy atom. The lowest BCUT2D eigenvalue weighted by Crippen LogP contribution is -2.32. The molecule has 6 heteroatoms. The normalized spacial score (nSPS) is 32.9. The number of hydrogen-bond donors (Lipinski definition) is 4. The van der Waals surface area contributed by atoms with E-state index in [2.05, 4.69) is 4.98 Å². The third kappa shape index (κ3) is 2.12. The molecule has 0 aromatic carbocycles. The second-order valence-corrected chi connectivity index (χ2v) is 4.16. The molecule has 2 rings (SSSR count). The molecule has 1 fully saturated rings. The largest absolute Gasteiger partial charge is 0.394 e. The Morgan fingerprint density at radius 1 is 1.35 bits per heavy atom. The van der Waals surface area contributed by atoms with Gasteiger partial charge in [-0.05, 0) is 13.0 Å². The van der Waals surface area contributed by atoms with Crippen LogP contribution in [0.25, 0.3) is 0 Å². The molecule has 94 valence electrons. The summed E-state index contributed by atoms with van der Waals surface area (Å²) >= 11 is 0. The van der Waals surface area contributed by atoms with Crippen molar-refractivity contribution in [1.82, 2.24) is 4.98 Å². The van der Waals surface area contributed by atoms with Crippen molar-refractivity contribution in [3.8, 4) is 0 Å². The zero-order valence-electron chi connectivity index (χ0n) is 9.33. The maximum atomic E-state index is 11.1. The van der Waals surface area contributed by atoms with Crippen molar-refractivity contribution in [3.05, 3.63) is 33.7 Å². The van der Waals surface area contributed by atoms with E-state index in [0.29, 0.717) is 11.3 Å². The van der Waals surface area contributed by atoms with Gasteiger partial charge in [-0.15, -0.1) is 0 Å². The second kappa shape index (κ2) is 4.58. The summed E-state index contributed by atoms with van der Waals surface area (Å²) in [7, 11) is 0. The number of hydrogen-bond acceptors (Lipinski definition) is 5. The van der Waals surface area contributed by atoms with E-state index in [4.69, 9.17) is 9.84 Å². The molecule has 0 aliphatic carbocycles. The van der Waals surface area contributed by atoms with Gasteiger partial charge in [-0.3, -0.25) is 4.79 Å². The first kappa shape index (κ1) is 12.3. The number of nitrogens with one attached hydrogen (secondary N) is 1. The zero-order chi connectivity index (χ0) is 12.6. The Bertz CT molecular complexity index is 457. The van der Waals surface area contributed by atoms with E-state index in [1.807, 2.05) is 0 Å². The van der Waals surface area contributed by atoms with Crippen molar-refractivity contribution in [1.29, 1.82) is 0 Å². The molecule has 0 saturated carbocycles. The van der Waals surface area contributed by atoms with Gasteiger partial charge in [-0.1, -0.05) is 0 Å². The Hall–Kier alpha value is -1.21. The minimum Gasteiger partial charge on any atom is -0.394 e. The van der Waals surface area contributed by atoms with Gasteiger partial charge >= 0.3 is 0 Å². The highest BCUT2D eigenvalue weighted by molar-refractivity contribution is 5.24. The van der Waals surface area contributed by atoms with E-state index in [0.717, 1.165) is 0 Å². The van der Waals surface area contributed by atoms with Gasteiger partial charge in [0.25, 0.3) is 0 Å². The molecule has 2 heterocycles. The summed E-state index contributed by atoms with van der Waals surface area (Å²) < 4.78 is 5.37. The number of rotatable bonds is 2. The van der Waals surface area contributed by atoms with Gasteiger partial charge in [0.2, 0.25) is 5.56 Å². The third-order valence-corrected chi connectivity index (χ3v) is 3.01. The number of aryl methyl sites for hydroxylation is 1. The predicted molar refractivity (Wildman–Crippen MR) is 58.5 cm³/mol. The Balaban J connectivity index is 2.32. The van der Waals surface area contributed by atoms with Crippen LogP contribution in [0.5, 0.6) is 0 Å². The van der Waals surface area contributed by atoms with Gasteiger partial charge in [-0.2, -0.15) is 0 Å². The van der Waals surface area contributed by atoms with Gasteiger partial charge in [0.15, 0.2) is 0 Å². The van der Waals surface area contributed by atoms with Crippen molar-refractivity contribution >= 4 is 0 Å². The molecule has 6 nitrogen and oxygen atoms in total. The summed E-state index contributed by atoms with van der Waals surface area (Å²) in [4.78, 5) is 13.7. The molecule has 17 heavy (non-hydrogen) atoms. The van der Waals surface area contributed by atoms with Crippen LogP contribution in [0.1, 0.15) is 17.4 Å². The van der Waals surface area contributed by atoms with E-state index in [9.17, 15) is 15.0 Å². The zero-order valence-corrected chi connectivity index (χ0v) is 9.33. The Kier molecular flexibility index (Phi) is 3.30. The molecule has 4 atom stereocenters. The van der Waals surface area contributed by atoms with Crippen LogP contribution in [0, 0.1) is 6.92 Å². The fourth-order valence-corrected chi connectivity index (χ4v) is 2.05. The van der Waals surface area contributed by atoms with Crippen LogP contribution in [-0.4, -0.2) is 45.2 Å². The van der Waals surface area contributed by atoms with Crippen LogP contribution in [0.4, 0.5) is 0 Å². The topological polar surface area (TPSA) is 103 Å². The molecule has 1 aromatic heterocycles. The third-order valence-electron chi connectivity index (χ3n) is 3.01. The van der Waals surface area contributed by atoms with Gasteiger partial charge in [-0.25, -0.2) is 0 Å². The minimum atomic E-state index is -1.13. The van der Waals surface area contributed by atoms with Crippen LogP contribution >= 0.6 is 0 Å². The number of H-pyrrole nitrogens is 1. The molecule has 1 aliphatic rings. The highest BCUT2D eigenvalue weighted by atomic mass is 16.6. The number of aromatic nitrogens is 1. The van der Waals surface area contributed by atoms with Crippen molar-refractivity contribution < 1.29 is 20.1 Å². The van der Waals surface area contributed by atoms with Gasteiger partial charge < -0.3 is 25.0 Å². The highest BCUT2D eigenvalue weighted by Crippen LogP contribution is 2.33. The van der Waals surface area contributed by atoms with Gasteiger partial charge in [0, 0.05) is 17.3 Å². The van der Waals surface area contributed by atoms with Crippen LogP contribution in [-0.2, 0) is 4.74 Å². The maximum absolute atomic E-state index is 11.1. The molecule has 0 amide bonds. The van der Waals surface area contributed by atoms with Crippen molar-refractivity contribution in [2.45, 2.75) is 31.3 Å². The lowest BCUT2D eigenvalue weighted by atomic mass is 10.0. The molecular weight excluding hydrogens is 226 g/mol. The molecule has 4 unspecified atom stereocenters. The van der Waals surface area contributed by atoms with E-state index >= 15 is 0 Å². The molecule has 0 spiro atoms. The summed E-state index contributed by atoms with van der Waals surface area (Å²) in [6.07, 6.45) is -3.78. The summed E-state index contributed by atoms with van der Waals surface area (Å²) in [6.45, 7) is 1.32. The standard InChI is InChI=1S/C11H15NO5/c1-5-6(2-3-8(14)12-5)11-10(16)9(15)7(4-13)17-11/h2-3,7,9-11,13,15-16H,4H2,1H3,(H,12,14). The lowest BCUT2D eigenvalue weighted by Gasteiger charge is -2.16. The quantitative estimate of drug-likeness (QED) is 0.523. The second-order valence-electron chi connectivity index (χ2n) is 4.16. The van der Waals surface area contributed by atoms with Gasteiger partial charge in [0.1, 0.15) is 24.4 Å².